The Balaban J connectivity index is 2.32. The molecule has 0 unspecified atom stereocenters. The van der Waals surface area contributed by atoms with Gasteiger partial charge in [-0.1, -0.05) is 19.9 Å². The van der Waals surface area contributed by atoms with E-state index in [4.69, 9.17) is 0 Å². The van der Waals surface area contributed by atoms with Crippen LogP contribution in [0, 0.1) is 26.6 Å². The largest absolute Gasteiger partial charge is 0.310 e. The molecule has 0 amide bonds. The molecule has 20 heavy (non-hydrogen) atoms. The Morgan fingerprint density at radius 1 is 1.25 bits per heavy atom. The maximum absolute atomic E-state index is 14.3. The van der Waals surface area contributed by atoms with Crippen LogP contribution >= 0.6 is 0 Å². The Labute approximate surface area is 119 Å². The Morgan fingerprint density at radius 2 is 1.95 bits per heavy atom. The van der Waals surface area contributed by atoms with Crippen molar-refractivity contribution in [2.24, 2.45) is 0 Å². The molecule has 0 radical (unpaired) electrons. The van der Waals surface area contributed by atoms with Crippen LogP contribution in [-0.4, -0.2) is 15.8 Å². The van der Waals surface area contributed by atoms with Gasteiger partial charge in [-0.05, 0) is 44.0 Å². The summed E-state index contributed by atoms with van der Waals surface area (Å²) in [6, 6.07) is 5.71. The standard InChI is InChI=1S/C16H22FN3/c1-10(2)18-9-14-6-7-16(15(17)8-14)20-13(5)11(3)12(4)19-20/h6-8,10,18H,9H2,1-5H3. The summed E-state index contributed by atoms with van der Waals surface area (Å²) in [6.45, 7) is 10.7. The van der Waals surface area contributed by atoms with E-state index in [1.165, 1.54) is 0 Å². The predicted octanol–water partition coefficient (Wildman–Crippen LogP) is 3.43. The topological polar surface area (TPSA) is 29.9 Å². The lowest BCUT2D eigenvalue weighted by molar-refractivity contribution is 0.577. The molecular weight excluding hydrogens is 253 g/mol. The summed E-state index contributed by atoms with van der Waals surface area (Å²) in [6.07, 6.45) is 0. The molecule has 2 rings (SSSR count). The van der Waals surface area contributed by atoms with E-state index in [1.54, 1.807) is 16.8 Å². The van der Waals surface area contributed by atoms with Crippen molar-refractivity contribution in [3.8, 4) is 5.69 Å². The second-order valence-electron chi connectivity index (χ2n) is 5.53. The van der Waals surface area contributed by atoms with Gasteiger partial charge >= 0.3 is 0 Å². The zero-order valence-electron chi connectivity index (χ0n) is 12.8. The molecule has 108 valence electrons. The highest BCUT2D eigenvalue weighted by molar-refractivity contribution is 5.39. The van der Waals surface area contributed by atoms with Crippen molar-refractivity contribution >= 4 is 0 Å². The minimum Gasteiger partial charge on any atom is -0.310 e. The van der Waals surface area contributed by atoms with Gasteiger partial charge in [-0.3, -0.25) is 0 Å². The first-order valence-corrected chi connectivity index (χ1v) is 6.95. The lowest BCUT2D eigenvalue weighted by Crippen LogP contribution is -2.21. The molecule has 1 aromatic carbocycles. The van der Waals surface area contributed by atoms with Crippen LogP contribution in [0.1, 0.15) is 36.4 Å². The summed E-state index contributed by atoms with van der Waals surface area (Å²) in [5, 5.41) is 7.69. The normalized spacial score (nSPS) is 11.3. The number of aryl methyl sites for hydroxylation is 1. The van der Waals surface area contributed by atoms with E-state index in [2.05, 4.69) is 24.3 Å². The zero-order valence-corrected chi connectivity index (χ0v) is 12.8. The second kappa shape index (κ2) is 5.75. The summed E-state index contributed by atoms with van der Waals surface area (Å²) in [7, 11) is 0. The lowest BCUT2D eigenvalue weighted by Gasteiger charge is -2.11. The van der Waals surface area contributed by atoms with E-state index in [-0.39, 0.29) is 5.82 Å². The molecule has 4 heteroatoms. The molecule has 2 aromatic rings. The molecule has 0 saturated heterocycles. The van der Waals surface area contributed by atoms with Crippen molar-refractivity contribution in [1.29, 1.82) is 0 Å². The highest BCUT2D eigenvalue weighted by Crippen LogP contribution is 2.20. The Bertz CT molecular complexity index is 614. The Morgan fingerprint density at radius 3 is 2.45 bits per heavy atom. The van der Waals surface area contributed by atoms with Gasteiger partial charge in [-0.25, -0.2) is 9.07 Å². The fourth-order valence-corrected chi connectivity index (χ4v) is 2.11. The number of halogens is 1. The summed E-state index contributed by atoms with van der Waals surface area (Å²) < 4.78 is 16.0. The molecule has 0 atom stereocenters. The SMILES string of the molecule is Cc1nn(-c2ccc(CNC(C)C)cc2F)c(C)c1C. The first-order valence-electron chi connectivity index (χ1n) is 6.95. The van der Waals surface area contributed by atoms with Crippen LogP contribution in [0.4, 0.5) is 4.39 Å². The summed E-state index contributed by atoms with van der Waals surface area (Å²) in [5.74, 6) is -0.237. The van der Waals surface area contributed by atoms with E-state index >= 15 is 0 Å². The molecule has 0 saturated carbocycles. The monoisotopic (exact) mass is 275 g/mol. The maximum Gasteiger partial charge on any atom is 0.149 e. The average Bonchev–Trinajstić information content (AvgIpc) is 2.64. The van der Waals surface area contributed by atoms with Gasteiger partial charge in [0.15, 0.2) is 0 Å². The molecule has 3 nitrogen and oxygen atoms in total. The van der Waals surface area contributed by atoms with Crippen molar-refractivity contribution in [2.45, 2.75) is 47.2 Å². The Hall–Kier alpha value is -1.68. The first kappa shape index (κ1) is 14.7. The minimum absolute atomic E-state index is 0.237. The van der Waals surface area contributed by atoms with Crippen molar-refractivity contribution < 1.29 is 4.39 Å². The molecular formula is C16H22FN3. The van der Waals surface area contributed by atoms with Gasteiger partial charge in [0, 0.05) is 18.3 Å². The molecule has 0 aliphatic carbocycles. The van der Waals surface area contributed by atoms with Crippen molar-refractivity contribution in [3.63, 3.8) is 0 Å². The van der Waals surface area contributed by atoms with Gasteiger partial charge in [0.1, 0.15) is 11.5 Å². The second-order valence-corrected chi connectivity index (χ2v) is 5.53. The third-order valence-electron chi connectivity index (χ3n) is 3.61. The van der Waals surface area contributed by atoms with Crippen LogP contribution in [0.2, 0.25) is 0 Å². The van der Waals surface area contributed by atoms with E-state index in [1.807, 2.05) is 26.8 Å². The van der Waals surface area contributed by atoms with Gasteiger partial charge in [0.05, 0.1) is 5.69 Å². The minimum atomic E-state index is -0.237. The van der Waals surface area contributed by atoms with Gasteiger partial charge < -0.3 is 5.32 Å². The van der Waals surface area contributed by atoms with E-state index < -0.39 is 0 Å². The van der Waals surface area contributed by atoms with Crippen molar-refractivity contribution in [2.75, 3.05) is 0 Å². The molecule has 1 aromatic heterocycles. The third kappa shape index (κ3) is 2.90. The van der Waals surface area contributed by atoms with E-state index in [9.17, 15) is 4.39 Å². The molecule has 1 heterocycles. The highest BCUT2D eigenvalue weighted by Gasteiger charge is 2.12. The number of nitrogens with one attached hydrogen (secondary N) is 1. The Kier molecular flexibility index (Phi) is 4.23. The summed E-state index contributed by atoms with van der Waals surface area (Å²) >= 11 is 0. The number of hydrogen-bond acceptors (Lipinski definition) is 2. The number of benzene rings is 1. The van der Waals surface area contributed by atoms with Crippen molar-refractivity contribution in [1.82, 2.24) is 15.1 Å². The number of aromatic nitrogens is 2. The molecule has 0 aliphatic heterocycles. The third-order valence-corrected chi connectivity index (χ3v) is 3.61. The molecule has 0 spiro atoms. The summed E-state index contributed by atoms with van der Waals surface area (Å²) in [5.41, 5.74) is 4.47. The first-order chi connectivity index (χ1) is 9.40. The fraction of sp³-hybridized carbons (Fsp3) is 0.438. The predicted molar refractivity (Wildman–Crippen MR) is 79.7 cm³/mol. The molecule has 0 aliphatic rings. The van der Waals surface area contributed by atoms with Crippen LogP contribution in [0.3, 0.4) is 0 Å². The van der Waals surface area contributed by atoms with Gasteiger partial charge in [0.25, 0.3) is 0 Å². The quantitative estimate of drug-likeness (QED) is 0.926. The van der Waals surface area contributed by atoms with Gasteiger partial charge in [0.2, 0.25) is 0 Å². The zero-order chi connectivity index (χ0) is 14.9. The van der Waals surface area contributed by atoms with Crippen LogP contribution in [0.25, 0.3) is 5.69 Å². The molecule has 1 N–H and O–H groups in total. The highest BCUT2D eigenvalue weighted by atomic mass is 19.1. The lowest BCUT2D eigenvalue weighted by atomic mass is 10.1. The van der Waals surface area contributed by atoms with E-state index in [0.717, 1.165) is 22.5 Å². The van der Waals surface area contributed by atoms with Crippen LogP contribution in [0.15, 0.2) is 18.2 Å². The average molecular weight is 275 g/mol. The fourth-order valence-electron chi connectivity index (χ4n) is 2.11. The van der Waals surface area contributed by atoms with Gasteiger partial charge in [-0.2, -0.15) is 5.10 Å². The van der Waals surface area contributed by atoms with Gasteiger partial charge in [-0.15, -0.1) is 0 Å². The van der Waals surface area contributed by atoms with E-state index in [0.29, 0.717) is 18.3 Å². The molecule has 0 bridgehead atoms. The molecule has 0 fully saturated rings. The number of rotatable bonds is 4. The smallest absolute Gasteiger partial charge is 0.149 e. The van der Waals surface area contributed by atoms with Crippen LogP contribution < -0.4 is 5.32 Å². The maximum atomic E-state index is 14.3. The van der Waals surface area contributed by atoms with Crippen molar-refractivity contribution in [3.05, 3.63) is 46.5 Å². The van der Waals surface area contributed by atoms with Crippen LogP contribution in [0.5, 0.6) is 0 Å². The summed E-state index contributed by atoms with van der Waals surface area (Å²) in [4.78, 5) is 0. The number of nitrogens with zero attached hydrogens (tertiary/aromatic N) is 2. The van der Waals surface area contributed by atoms with Crippen LogP contribution in [-0.2, 0) is 6.54 Å². The number of hydrogen-bond donors (Lipinski definition) is 1.